The van der Waals surface area contributed by atoms with E-state index in [1.165, 1.54) is 12.1 Å². The van der Waals surface area contributed by atoms with Crippen molar-refractivity contribution in [2.75, 3.05) is 0 Å². The maximum atomic E-state index is 13.0. The van der Waals surface area contributed by atoms with Gasteiger partial charge in [0.25, 0.3) is 5.89 Å². The van der Waals surface area contributed by atoms with Gasteiger partial charge in [-0.25, -0.2) is 4.39 Å². The van der Waals surface area contributed by atoms with Gasteiger partial charge in [0.05, 0.1) is 23.7 Å². The Balaban J connectivity index is 1.65. The molecule has 1 aromatic carbocycles. The molecule has 6 heteroatoms. The lowest BCUT2D eigenvalue weighted by atomic mass is 9.89. The second kappa shape index (κ2) is 4.28. The predicted octanol–water partition coefficient (Wildman–Crippen LogP) is 2.62. The smallest absolute Gasteiger partial charge is 0.261 e. The van der Waals surface area contributed by atoms with Gasteiger partial charge in [-0.3, -0.25) is 0 Å². The summed E-state index contributed by atoms with van der Waals surface area (Å²) in [4.78, 5) is 4.33. The summed E-state index contributed by atoms with van der Waals surface area (Å²) in [6, 6.07) is 3.71. The molecule has 1 N–H and O–H groups in total. The number of halogens is 1. The molecule has 3 unspecified atom stereocenters. The van der Waals surface area contributed by atoms with Gasteiger partial charge in [0.15, 0.2) is 5.82 Å². The molecular weight excluding hydrogens is 263 g/mol. The Labute approximate surface area is 114 Å². The van der Waals surface area contributed by atoms with Crippen LogP contribution in [-0.4, -0.2) is 27.5 Å². The minimum absolute atomic E-state index is 0.161. The largest absolute Gasteiger partial charge is 0.507 e. The Morgan fingerprint density at radius 2 is 2.20 bits per heavy atom. The first-order valence-electron chi connectivity index (χ1n) is 6.68. The fraction of sp³-hybridized carbons (Fsp3) is 0.429. The molecule has 104 valence electrons. The summed E-state index contributed by atoms with van der Waals surface area (Å²) in [6.45, 7) is 0. The second-order valence-electron chi connectivity index (χ2n) is 5.34. The number of phenolic OH excluding ortho intramolecular Hbond substituents is 1. The zero-order chi connectivity index (χ0) is 13.7. The van der Waals surface area contributed by atoms with Crippen molar-refractivity contribution < 1.29 is 18.8 Å². The molecule has 2 aromatic rings. The maximum absolute atomic E-state index is 13.0. The number of benzene rings is 1. The molecule has 4 rings (SSSR count). The summed E-state index contributed by atoms with van der Waals surface area (Å²) in [5, 5.41) is 13.7. The average molecular weight is 276 g/mol. The summed E-state index contributed by atoms with van der Waals surface area (Å²) in [5.41, 5.74) is 0.342. The van der Waals surface area contributed by atoms with Crippen molar-refractivity contribution in [1.82, 2.24) is 10.1 Å². The average Bonchev–Trinajstić information content (AvgIpc) is 3.14. The third kappa shape index (κ3) is 1.79. The molecule has 20 heavy (non-hydrogen) atoms. The Morgan fingerprint density at radius 3 is 2.90 bits per heavy atom. The number of ether oxygens (including phenoxy) is 1. The fourth-order valence-electron chi connectivity index (χ4n) is 3.09. The molecular formula is C14H13FN2O3. The fourth-order valence-corrected chi connectivity index (χ4v) is 3.09. The van der Waals surface area contributed by atoms with Crippen LogP contribution in [0, 0.1) is 5.82 Å². The first kappa shape index (κ1) is 11.8. The molecule has 3 atom stereocenters. The topological polar surface area (TPSA) is 68.4 Å². The molecule has 1 aromatic heterocycles. The molecule has 3 heterocycles. The van der Waals surface area contributed by atoms with Gasteiger partial charge >= 0.3 is 0 Å². The highest BCUT2D eigenvalue weighted by Gasteiger charge is 2.43. The number of hydrogen-bond acceptors (Lipinski definition) is 5. The third-order valence-corrected chi connectivity index (χ3v) is 4.07. The standard InChI is InChI=1S/C14H13FN2O3/c15-7-1-3-9(11(18)5-7)14-16-13(17-20-14)10-6-8-2-4-12(10)19-8/h1,3,5,8,10,12,18H,2,4,6H2. The molecule has 5 nitrogen and oxygen atoms in total. The highest BCUT2D eigenvalue weighted by atomic mass is 19.1. The van der Waals surface area contributed by atoms with Crippen LogP contribution in [0.3, 0.4) is 0 Å². The highest BCUT2D eigenvalue weighted by molar-refractivity contribution is 5.61. The van der Waals surface area contributed by atoms with Gasteiger partial charge in [0, 0.05) is 6.07 Å². The van der Waals surface area contributed by atoms with Crippen molar-refractivity contribution in [2.45, 2.75) is 37.4 Å². The number of fused-ring (bicyclic) bond motifs is 2. The SMILES string of the molecule is Oc1cc(F)ccc1-c1nc(C2CC3CCC2O3)no1. The van der Waals surface area contributed by atoms with E-state index in [2.05, 4.69) is 10.1 Å². The quantitative estimate of drug-likeness (QED) is 0.913. The summed E-state index contributed by atoms with van der Waals surface area (Å²) in [7, 11) is 0. The van der Waals surface area contributed by atoms with Gasteiger partial charge in [-0.05, 0) is 31.4 Å². The zero-order valence-corrected chi connectivity index (χ0v) is 10.6. The lowest BCUT2D eigenvalue weighted by Crippen LogP contribution is -2.15. The van der Waals surface area contributed by atoms with Crippen molar-refractivity contribution in [1.29, 1.82) is 0 Å². The van der Waals surface area contributed by atoms with Crippen LogP contribution < -0.4 is 0 Å². The van der Waals surface area contributed by atoms with Crippen molar-refractivity contribution in [3.05, 3.63) is 29.8 Å². The molecule has 0 saturated carbocycles. The summed E-state index contributed by atoms with van der Waals surface area (Å²) in [5.74, 6) is 0.266. The van der Waals surface area contributed by atoms with Crippen molar-refractivity contribution in [3.63, 3.8) is 0 Å². The second-order valence-corrected chi connectivity index (χ2v) is 5.34. The van der Waals surface area contributed by atoms with Crippen molar-refractivity contribution in [3.8, 4) is 17.2 Å². The number of aromatic nitrogens is 2. The molecule has 0 radical (unpaired) electrons. The number of rotatable bonds is 2. The van der Waals surface area contributed by atoms with Gasteiger partial charge in [0.1, 0.15) is 11.6 Å². The first-order valence-corrected chi connectivity index (χ1v) is 6.68. The summed E-state index contributed by atoms with van der Waals surface area (Å²) >= 11 is 0. The Hall–Kier alpha value is -1.95. The van der Waals surface area contributed by atoms with Crippen molar-refractivity contribution >= 4 is 0 Å². The Morgan fingerprint density at radius 1 is 1.30 bits per heavy atom. The van der Waals surface area contributed by atoms with Crippen LogP contribution in [0.4, 0.5) is 4.39 Å². The van der Waals surface area contributed by atoms with Crippen LogP contribution in [0.1, 0.15) is 31.0 Å². The molecule has 2 aliphatic rings. The Bertz CT molecular complexity index is 658. The van der Waals surface area contributed by atoms with Crippen molar-refractivity contribution in [2.24, 2.45) is 0 Å². The Kier molecular flexibility index (Phi) is 2.53. The highest BCUT2D eigenvalue weighted by Crippen LogP contribution is 2.44. The zero-order valence-electron chi connectivity index (χ0n) is 10.6. The number of aromatic hydroxyl groups is 1. The van der Waals surface area contributed by atoms with Gasteiger partial charge in [-0.15, -0.1) is 0 Å². The molecule has 2 saturated heterocycles. The van der Waals surface area contributed by atoms with Crippen LogP contribution in [0.2, 0.25) is 0 Å². The minimum atomic E-state index is -0.507. The normalized spacial score (nSPS) is 28.1. The molecule has 0 amide bonds. The van der Waals surface area contributed by atoms with E-state index in [-0.39, 0.29) is 23.7 Å². The van der Waals surface area contributed by atoms with E-state index in [4.69, 9.17) is 9.26 Å². The number of phenols is 1. The van der Waals surface area contributed by atoms with E-state index in [1.54, 1.807) is 0 Å². The lowest BCUT2D eigenvalue weighted by Gasteiger charge is -2.13. The van der Waals surface area contributed by atoms with Crippen LogP contribution in [0.15, 0.2) is 22.7 Å². The first-order chi connectivity index (χ1) is 9.70. The molecule has 2 bridgehead atoms. The van der Waals surface area contributed by atoms with Crippen LogP contribution >= 0.6 is 0 Å². The van der Waals surface area contributed by atoms with Gasteiger partial charge in [0.2, 0.25) is 0 Å². The number of nitrogens with zero attached hydrogens (tertiary/aromatic N) is 2. The maximum Gasteiger partial charge on any atom is 0.261 e. The van der Waals surface area contributed by atoms with Gasteiger partial charge < -0.3 is 14.4 Å². The molecule has 0 aliphatic carbocycles. The molecule has 2 aliphatic heterocycles. The number of hydrogen-bond donors (Lipinski definition) is 1. The van der Waals surface area contributed by atoms with E-state index < -0.39 is 5.82 Å². The van der Waals surface area contributed by atoms with Gasteiger partial charge in [-0.2, -0.15) is 4.98 Å². The van der Waals surface area contributed by atoms with E-state index in [9.17, 15) is 9.50 Å². The van der Waals surface area contributed by atoms with Crippen LogP contribution in [-0.2, 0) is 4.74 Å². The molecule has 2 fully saturated rings. The van der Waals surface area contributed by atoms with E-state index in [0.717, 1.165) is 25.3 Å². The van der Waals surface area contributed by atoms with Gasteiger partial charge in [-0.1, -0.05) is 5.16 Å². The predicted molar refractivity (Wildman–Crippen MR) is 66.6 cm³/mol. The minimum Gasteiger partial charge on any atom is -0.507 e. The van der Waals surface area contributed by atoms with E-state index in [1.807, 2.05) is 0 Å². The van der Waals surface area contributed by atoms with E-state index in [0.29, 0.717) is 17.5 Å². The van der Waals surface area contributed by atoms with E-state index >= 15 is 0 Å². The summed E-state index contributed by atoms with van der Waals surface area (Å²) < 4.78 is 23.9. The van der Waals surface area contributed by atoms with Crippen LogP contribution in [0.25, 0.3) is 11.5 Å². The third-order valence-electron chi connectivity index (χ3n) is 4.07. The summed E-state index contributed by atoms with van der Waals surface area (Å²) in [6.07, 6.45) is 3.53. The molecule has 0 spiro atoms. The van der Waals surface area contributed by atoms with Crippen LogP contribution in [0.5, 0.6) is 5.75 Å². The lowest BCUT2D eigenvalue weighted by molar-refractivity contribution is 0.0996. The monoisotopic (exact) mass is 276 g/mol.